The first-order chi connectivity index (χ1) is 18.4. The molecule has 0 saturated carbocycles. The van der Waals surface area contributed by atoms with E-state index in [-0.39, 0.29) is 18.3 Å². The van der Waals surface area contributed by atoms with Gasteiger partial charge in [-0.15, -0.1) is 0 Å². The molecule has 4 aromatic rings. The van der Waals surface area contributed by atoms with Crippen molar-refractivity contribution >= 4 is 28.6 Å². The zero-order valence-electron chi connectivity index (χ0n) is 22.3. The molecule has 1 amide bonds. The van der Waals surface area contributed by atoms with Crippen LogP contribution in [0.1, 0.15) is 30.0 Å². The average molecular weight is 516 g/mol. The van der Waals surface area contributed by atoms with Crippen LogP contribution < -0.4 is 15.3 Å². The molecule has 2 aromatic carbocycles. The Morgan fingerprint density at radius 2 is 1.79 bits per heavy atom. The number of anilines is 2. The highest BCUT2D eigenvalue weighted by molar-refractivity contribution is 5.97. The van der Waals surface area contributed by atoms with Crippen molar-refractivity contribution < 1.29 is 14.3 Å². The van der Waals surface area contributed by atoms with Crippen molar-refractivity contribution in [3.05, 3.63) is 82.4 Å². The van der Waals surface area contributed by atoms with Crippen LogP contribution in [0.3, 0.4) is 0 Å². The number of hydrogen-bond donors (Lipinski definition) is 0. The molecule has 0 unspecified atom stereocenters. The summed E-state index contributed by atoms with van der Waals surface area (Å²) in [6, 6.07) is 16.9. The first kappa shape index (κ1) is 25.5. The third-order valence-corrected chi connectivity index (χ3v) is 7.28. The lowest BCUT2D eigenvalue weighted by atomic mass is 10.1. The quantitative estimate of drug-likeness (QED) is 0.367. The van der Waals surface area contributed by atoms with Gasteiger partial charge in [0.05, 0.1) is 30.0 Å². The van der Waals surface area contributed by atoms with Gasteiger partial charge in [-0.3, -0.25) is 9.13 Å². The van der Waals surface area contributed by atoms with Gasteiger partial charge in [0, 0.05) is 19.2 Å². The van der Waals surface area contributed by atoms with E-state index in [0.717, 1.165) is 48.1 Å². The van der Waals surface area contributed by atoms with Crippen molar-refractivity contribution in [2.75, 3.05) is 32.1 Å². The van der Waals surface area contributed by atoms with Gasteiger partial charge in [0.1, 0.15) is 18.2 Å². The lowest BCUT2D eigenvalue weighted by Crippen LogP contribution is -2.35. The number of fused-ring (bicyclic) bond motifs is 1. The maximum atomic E-state index is 13.6. The van der Waals surface area contributed by atoms with E-state index in [0.29, 0.717) is 17.3 Å². The second-order valence-corrected chi connectivity index (χ2v) is 9.81. The molecule has 1 aliphatic rings. The number of hydrogen-bond acceptors (Lipinski definition) is 6. The highest BCUT2D eigenvalue weighted by atomic mass is 16.6. The fourth-order valence-electron chi connectivity index (χ4n) is 5.08. The second-order valence-electron chi connectivity index (χ2n) is 9.81. The zero-order chi connectivity index (χ0) is 26.8. The maximum Gasteiger partial charge on any atom is 0.420 e. The van der Waals surface area contributed by atoms with Crippen LogP contribution in [0.15, 0.2) is 65.6 Å². The summed E-state index contributed by atoms with van der Waals surface area (Å²) in [6.07, 6.45) is 2.87. The molecule has 198 valence electrons. The predicted molar refractivity (Wildman–Crippen MR) is 147 cm³/mol. The van der Waals surface area contributed by atoms with Gasteiger partial charge in [0.25, 0.3) is 0 Å². The molecule has 0 atom stereocenters. The summed E-state index contributed by atoms with van der Waals surface area (Å²) in [7, 11) is 5.46. The summed E-state index contributed by atoms with van der Waals surface area (Å²) >= 11 is 0. The number of piperidine rings is 1. The van der Waals surface area contributed by atoms with E-state index in [1.54, 1.807) is 31.0 Å². The molecule has 1 fully saturated rings. The van der Waals surface area contributed by atoms with Crippen LogP contribution in [0.4, 0.5) is 16.3 Å². The molecule has 0 N–H and O–H groups in total. The monoisotopic (exact) mass is 515 g/mol. The maximum absolute atomic E-state index is 13.6. The van der Waals surface area contributed by atoms with Crippen molar-refractivity contribution in [3.8, 4) is 5.75 Å². The predicted octanol–water partition coefficient (Wildman–Crippen LogP) is 4.79. The Kier molecular flexibility index (Phi) is 7.20. The minimum Gasteiger partial charge on any atom is -0.497 e. The Morgan fingerprint density at radius 3 is 2.47 bits per heavy atom. The van der Waals surface area contributed by atoms with Gasteiger partial charge in [-0.25, -0.2) is 19.5 Å². The summed E-state index contributed by atoms with van der Waals surface area (Å²) in [5.41, 5.74) is 3.73. The van der Waals surface area contributed by atoms with Gasteiger partial charge < -0.3 is 14.4 Å². The van der Waals surface area contributed by atoms with Crippen molar-refractivity contribution in [1.29, 1.82) is 0 Å². The highest BCUT2D eigenvalue weighted by Crippen LogP contribution is 2.33. The Labute approximate surface area is 221 Å². The molecule has 0 bridgehead atoms. The molecule has 1 aliphatic heterocycles. The molecule has 9 nitrogen and oxygen atoms in total. The van der Waals surface area contributed by atoms with Crippen LogP contribution in [-0.2, 0) is 18.4 Å². The number of nitrogens with zero attached hydrogens (tertiary/aromatic N) is 5. The van der Waals surface area contributed by atoms with Gasteiger partial charge in [-0.2, -0.15) is 0 Å². The molecule has 0 spiro atoms. The lowest BCUT2D eigenvalue weighted by Gasteiger charge is -2.29. The first-order valence-electron chi connectivity index (χ1n) is 12.8. The zero-order valence-corrected chi connectivity index (χ0v) is 22.3. The van der Waals surface area contributed by atoms with E-state index in [1.807, 2.05) is 60.0 Å². The van der Waals surface area contributed by atoms with E-state index >= 15 is 0 Å². The molecule has 2 aromatic heterocycles. The fraction of sp³-hybridized carbons (Fsp3) is 0.345. The number of benzene rings is 2. The SMILES string of the molecule is COc1ccc(N(C(=O)OCc2ccccc2)c2cc3c(cn2)n(C)c(=O)n3C2CCN(C)CC2)c(C)c1. The van der Waals surface area contributed by atoms with Crippen LogP contribution in [-0.4, -0.2) is 52.4 Å². The van der Waals surface area contributed by atoms with E-state index < -0.39 is 6.09 Å². The lowest BCUT2D eigenvalue weighted by molar-refractivity contribution is 0.150. The Bertz CT molecular complexity index is 1500. The molecular weight excluding hydrogens is 482 g/mol. The standard InChI is InChI=1S/C29H33N5O4/c1-20-16-23(37-4)10-11-24(20)34(29(36)38-19-21-8-6-5-7-9-21)27-17-25-26(18-30-27)32(3)28(35)33(25)22-12-14-31(2)15-13-22/h5-11,16-18,22H,12-15,19H2,1-4H3. The van der Waals surface area contributed by atoms with Crippen LogP contribution in [0, 0.1) is 6.92 Å². The smallest absolute Gasteiger partial charge is 0.420 e. The summed E-state index contributed by atoms with van der Waals surface area (Å²) in [4.78, 5) is 35.3. The minimum absolute atomic E-state index is 0.0765. The van der Waals surface area contributed by atoms with E-state index in [9.17, 15) is 9.59 Å². The van der Waals surface area contributed by atoms with Crippen molar-refractivity contribution in [3.63, 3.8) is 0 Å². The first-order valence-corrected chi connectivity index (χ1v) is 12.8. The molecule has 3 heterocycles. The molecule has 0 radical (unpaired) electrons. The number of amides is 1. The summed E-state index contributed by atoms with van der Waals surface area (Å²) < 4.78 is 14.6. The Morgan fingerprint density at radius 1 is 1.05 bits per heavy atom. The minimum atomic E-state index is -0.557. The summed E-state index contributed by atoms with van der Waals surface area (Å²) in [6.45, 7) is 3.88. The number of methoxy groups -OCH3 is 1. The van der Waals surface area contributed by atoms with Gasteiger partial charge >= 0.3 is 11.8 Å². The van der Waals surface area contributed by atoms with Crippen molar-refractivity contribution in [2.24, 2.45) is 7.05 Å². The molecule has 38 heavy (non-hydrogen) atoms. The van der Waals surface area contributed by atoms with Gasteiger partial charge in [0.15, 0.2) is 0 Å². The van der Waals surface area contributed by atoms with Crippen LogP contribution in [0.5, 0.6) is 5.75 Å². The topological polar surface area (TPSA) is 81.8 Å². The van der Waals surface area contributed by atoms with Gasteiger partial charge in [-0.05, 0) is 69.2 Å². The van der Waals surface area contributed by atoms with E-state index in [4.69, 9.17) is 9.47 Å². The average Bonchev–Trinajstić information content (AvgIpc) is 3.18. The van der Waals surface area contributed by atoms with E-state index in [1.165, 1.54) is 4.90 Å². The molecule has 5 rings (SSSR count). The number of imidazole rings is 1. The number of aryl methyl sites for hydroxylation is 2. The number of rotatable bonds is 6. The number of ether oxygens (including phenoxy) is 2. The van der Waals surface area contributed by atoms with Crippen molar-refractivity contribution in [1.82, 2.24) is 19.0 Å². The van der Waals surface area contributed by atoms with Gasteiger partial charge in [-0.1, -0.05) is 30.3 Å². The van der Waals surface area contributed by atoms with Gasteiger partial charge in [0.2, 0.25) is 0 Å². The second kappa shape index (κ2) is 10.7. The number of carbonyl (C=O) groups is 1. The van der Waals surface area contributed by atoms with Crippen molar-refractivity contribution in [2.45, 2.75) is 32.4 Å². The Hall–Kier alpha value is -4.11. The van der Waals surface area contributed by atoms with Crippen LogP contribution >= 0.6 is 0 Å². The third kappa shape index (κ3) is 4.89. The largest absolute Gasteiger partial charge is 0.497 e. The molecule has 1 saturated heterocycles. The normalized spacial score (nSPS) is 14.5. The van der Waals surface area contributed by atoms with E-state index in [2.05, 4.69) is 16.9 Å². The molecule has 9 heteroatoms. The number of likely N-dealkylation sites (tertiary alicyclic amines) is 1. The molecular formula is C29H33N5O4. The molecule has 0 aliphatic carbocycles. The van der Waals surface area contributed by atoms with Crippen LogP contribution in [0.25, 0.3) is 11.0 Å². The number of carbonyl (C=O) groups excluding carboxylic acids is 1. The summed E-state index contributed by atoms with van der Waals surface area (Å²) in [5.74, 6) is 1.07. The number of pyridine rings is 1. The summed E-state index contributed by atoms with van der Waals surface area (Å²) in [5, 5.41) is 0. The Balaban J connectivity index is 1.58. The van der Waals surface area contributed by atoms with Crippen LogP contribution in [0.2, 0.25) is 0 Å². The fourth-order valence-corrected chi connectivity index (χ4v) is 5.08. The third-order valence-electron chi connectivity index (χ3n) is 7.28. The highest BCUT2D eigenvalue weighted by Gasteiger charge is 2.27. The number of aromatic nitrogens is 3.